The zero-order valence-corrected chi connectivity index (χ0v) is 12.2. The molecule has 0 bridgehead atoms. The van der Waals surface area contributed by atoms with Gasteiger partial charge in [-0.1, -0.05) is 6.42 Å². The lowest BCUT2D eigenvalue weighted by molar-refractivity contribution is -0.157. The van der Waals surface area contributed by atoms with Crippen LogP contribution in [0.15, 0.2) is 0 Å². The molecule has 1 N–H and O–H groups in total. The molecule has 4 amide bonds. The maximum absolute atomic E-state index is 12.4. The quantitative estimate of drug-likeness (QED) is 0.758. The molecule has 7 heteroatoms. The van der Waals surface area contributed by atoms with Gasteiger partial charge < -0.3 is 0 Å². The Morgan fingerprint density at radius 3 is 2.40 bits per heavy atom. The maximum atomic E-state index is 12.4. The van der Waals surface area contributed by atoms with Gasteiger partial charge in [0, 0.05) is 37.7 Å². The first kappa shape index (κ1) is 13.9. The predicted molar refractivity (Wildman–Crippen MR) is 75.3 cm³/mol. The van der Waals surface area contributed by atoms with Crippen molar-refractivity contribution in [2.45, 2.75) is 19.3 Å². The Morgan fingerprint density at radius 2 is 1.80 bits per heavy atom. The van der Waals surface area contributed by atoms with E-state index in [-0.39, 0.29) is 5.91 Å². The average Bonchev–Trinajstić information content (AvgIpc) is 2.37. The lowest BCUT2D eigenvalue weighted by atomic mass is 9.66. The highest BCUT2D eigenvalue weighted by molar-refractivity contribution is 7.99. The van der Waals surface area contributed by atoms with E-state index < -0.39 is 17.4 Å². The van der Waals surface area contributed by atoms with Gasteiger partial charge in [0.15, 0.2) is 0 Å². The normalized spacial score (nSPS) is 26.6. The zero-order chi connectivity index (χ0) is 14.2. The zero-order valence-electron chi connectivity index (χ0n) is 11.4. The van der Waals surface area contributed by atoms with Crippen LogP contribution in [0.25, 0.3) is 0 Å². The Balaban J connectivity index is 1.63. The van der Waals surface area contributed by atoms with Crippen LogP contribution in [0.2, 0.25) is 0 Å². The molecular weight excluding hydrogens is 278 g/mol. The number of hydrogen-bond acceptors (Lipinski definition) is 5. The fourth-order valence-electron chi connectivity index (χ4n) is 2.97. The van der Waals surface area contributed by atoms with E-state index in [0.717, 1.165) is 31.0 Å². The summed E-state index contributed by atoms with van der Waals surface area (Å²) in [6.07, 6.45) is 2.02. The largest absolute Gasteiger partial charge is 0.330 e. The number of hydrogen-bond donors (Lipinski definition) is 1. The number of nitrogens with zero attached hydrogens (tertiary/aromatic N) is 2. The topological polar surface area (TPSA) is 69.7 Å². The van der Waals surface area contributed by atoms with E-state index in [1.807, 2.05) is 11.8 Å². The fourth-order valence-corrected chi connectivity index (χ4v) is 3.95. The summed E-state index contributed by atoms with van der Waals surface area (Å²) in [5, 5.41) is 2.34. The number of nitrogens with one attached hydrogen (secondary N) is 1. The van der Waals surface area contributed by atoms with Crippen LogP contribution in [0.5, 0.6) is 0 Å². The highest BCUT2D eigenvalue weighted by Crippen LogP contribution is 2.44. The van der Waals surface area contributed by atoms with Crippen molar-refractivity contribution in [3.05, 3.63) is 0 Å². The Bertz CT molecular complexity index is 444. The molecule has 3 fully saturated rings. The standard InChI is InChI=1S/C13H19N3O3S/c17-10-13(2-1-3-13)11(18)16(12(19)14-10)5-4-15-6-8-20-9-7-15/h1-9H2,(H,14,17,19). The Hall–Kier alpha value is -1.08. The predicted octanol–water partition coefficient (Wildman–Crippen LogP) is 0.284. The van der Waals surface area contributed by atoms with Gasteiger partial charge >= 0.3 is 6.03 Å². The van der Waals surface area contributed by atoms with Crippen LogP contribution >= 0.6 is 11.8 Å². The number of barbiturate groups is 1. The van der Waals surface area contributed by atoms with Gasteiger partial charge in [-0.2, -0.15) is 11.8 Å². The molecule has 0 aromatic rings. The van der Waals surface area contributed by atoms with Crippen LogP contribution in [-0.2, 0) is 9.59 Å². The van der Waals surface area contributed by atoms with E-state index >= 15 is 0 Å². The molecule has 1 spiro atoms. The minimum absolute atomic E-state index is 0.288. The van der Waals surface area contributed by atoms with Crippen molar-refractivity contribution in [2.24, 2.45) is 5.41 Å². The van der Waals surface area contributed by atoms with Crippen molar-refractivity contribution in [3.8, 4) is 0 Å². The third kappa shape index (κ3) is 2.22. The van der Waals surface area contributed by atoms with Crippen LogP contribution in [0, 0.1) is 5.41 Å². The highest BCUT2D eigenvalue weighted by atomic mass is 32.2. The van der Waals surface area contributed by atoms with Crippen molar-refractivity contribution >= 4 is 29.6 Å². The molecule has 6 nitrogen and oxygen atoms in total. The number of imide groups is 2. The minimum Gasteiger partial charge on any atom is -0.300 e. The second kappa shape index (κ2) is 5.37. The van der Waals surface area contributed by atoms with Crippen molar-refractivity contribution in [1.82, 2.24) is 15.1 Å². The van der Waals surface area contributed by atoms with Gasteiger partial charge in [-0.15, -0.1) is 0 Å². The number of thioether (sulfide) groups is 1. The minimum atomic E-state index is -0.939. The second-order valence-electron chi connectivity index (χ2n) is 5.61. The summed E-state index contributed by atoms with van der Waals surface area (Å²) in [4.78, 5) is 39.7. The lowest BCUT2D eigenvalue weighted by Gasteiger charge is -2.44. The summed E-state index contributed by atoms with van der Waals surface area (Å²) in [6.45, 7) is 3.07. The summed E-state index contributed by atoms with van der Waals surface area (Å²) < 4.78 is 0. The smallest absolute Gasteiger partial charge is 0.300 e. The van der Waals surface area contributed by atoms with E-state index in [2.05, 4.69) is 10.2 Å². The number of rotatable bonds is 3. The molecule has 1 saturated carbocycles. The van der Waals surface area contributed by atoms with Crippen LogP contribution in [0.1, 0.15) is 19.3 Å². The first-order valence-corrected chi connectivity index (χ1v) is 8.26. The molecule has 2 aliphatic heterocycles. The number of carbonyl (C=O) groups excluding carboxylic acids is 3. The van der Waals surface area contributed by atoms with E-state index in [1.54, 1.807) is 0 Å². The average molecular weight is 297 g/mol. The van der Waals surface area contributed by atoms with Gasteiger partial charge in [-0.3, -0.25) is 24.7 Å². The number of amides is 4. The molecule has 20 heavy (non-hydrogen) atoms. The highest BCUT2D eigenvalue weighted by Gasteiger charge is 2.57. The summed E-state index contributed by atoms with van der Waals surface area (Å²) in [5.41, 5.74) is -0.939. The second-order valence-corrected chi connectivity index (χ2v) is 6.83. The van der Waals surface area contributed by atoms with Crippen LogP contribution in [-0.4, -0.2) is 65.3 Å². The molecule has 2 saturated heterocycles. The molecule has 1 aliphatic carbocycles. The molecule has 0 atom stereocenters. The third-order valence-corrected chi connectivity index (χ3v) is 5.45. The van der Waals surface area contributed by atoms with Crippen LogP contribution < -0.4 is 5.32 Å². The number of urea groups is 1. The first-order chi connectivity index (χ1) is 9.63. The summed E-state index contributed by atoms with van der Waals surface area (Å²) >= 11 is 1.93. The molecule has 3 rings (SSSR count). The van der Waals surface area contributed by atoms with Crippen molar-refractivity contribution in [2.75, 3.05) is 37.7 Å². The number of carbonyl (C=O) groups is 3. The van der Waals surface area contributed by atoms with Crippen molar-refractivity contribution in [3.63, 3.8) is 0 Å². The van der Waals surface area contributed by atoms with Gasteiger partial charge in [-0.25, -0.2) is 4.79 Å². The monoisotopic (exact) mass is 297 g/mol. The van der Waals surface area contributed by atoms with E-state index in [0.29, 0.717) is 25.9 Å². The molecule has 110 valence electrons. The molecule has 0 radical (unpaired) electrons. The molecule has 3 aliphatic rings. The maximum Gasteiger partial charge on any atom is 0.330 e. The molecule has 0 aromatic carbocycles. The molecular formula is C13H19N3O3S. The molecule has 0 aromatic heterocycles. The first-order valence-electron chi connectivity index (χ1n) is 7.11. The lowest BCUT2D eigenvalue weighted by Crippen LogP contribution is -2.66. The van der Waals surface area contributed by atoms with Gasteiger partial charge in [-0.05, 0) is 12.8 Å². The van der Waals surface area contributed by atoms with Gasteiger partial charge in [0.25, 0.3) is 0 Å². The summed E-state index contributed by atoms with van der Waals surface area (Å²) in [7, 11) is 0. The summed E-state index contributed by atoms with van der Waals surface area (Å²) in [5.74, 6) is 1.51. The van der Waals surface area contributed by atoms with Crippen LogP contribution in [0.4, 0.5) is 4.79 Å². The van der Waals surface area contributed by atoms with Crippen molar-refractivity contribution in [1.29, 1.82) is 0 Å². The van der Waals surface area contributed by atoms with E-state index in [9.17, 15) is 14.4 Å². The van der Waals surface area contributed by atoms with E-state index in [4.69, 9.17) is 0 Å². The molecule has 2 heterocycles. The van der Waals surface area contributed by atoms with Crippen LogP contribution in [0.3, 0.4) is 0 Å². The Morgan fingerprint density at radius 1 is 1.10 bits per heavy atom. The molecule has 0 unspecified atom stereocenters. The SMILES string of the molecule is O=C1NC(=O)C2(CCC2)C(=O)N1CCN1CCSCC1. The Kier molecular flexibility index (Phi) is 3.72. The fraction of sp³-hybridized carbons (Fsp3) is 0.769. The van der Waals surface area contributed by atoms with Gasteiger partial charge in [0.2, 0.25) is 11.8 Å². The summed E-state index contributed by atoms with van der Waals surface area (Å²) in [6, 6.07) is -0.552. The van der Waals surface area contributed by atoms with E-state index in [1.165, 1.54) is 4.90 Å². The van der Waals surface area contributed by atoms with Crippen molar-refractivity contribution < 1.29 is 14.4 Å². The van der Waals surface area contributed by atoms with Gasteiger partial charge in [0.1, 0.15) is 5.41 Å². The third-order valence-electron chi connectivity index (χ3n) is 4.51. The van der Waals surface area contributed by atoms with Gasteiger partial charge in [0.05, 0.1) is 0 Å². The Labute approximate surface area is 122 Å².